The number of hydrogen-bond acceptors (Lipinski definition) is 3. The Bertz CT molecular complexity index is 1090. The molecule has 0 spiro atoms. The first-order valence-electron chi connectivity index (χ1n) is 10.00. The molecule has 0 atom stereocenters. The Morgan fingerprint density at radius 2 is 1.39 bits per heavy atom. The van der Waals surface area contributed by atoms with E-state index in [0.29, 0.717) is 6.54 Å². The van der Waals surface area contributed by atoms with Gasteiger partial charge in [-0.15, -0.1) is 0 Å². The fourth-order valence-electron chi connectivity index (χ4n) is 3.04. The van der Waals surface area contributed by atoms with E-state index in [1.807, 2.05) is 62.4 Å². The van der Waals surface area contributed by atoms with Gasteiger partial charge in [0.2, 0.25) is 0 Å². The van der Waals surface area contributed by atoms with E-state index in [1.165, 1.54) is 0 Å². The van der Waals surface area contributed by atoms with Crippen LogP contribution in [-0.4, -0.2) is 17.7 Å². The Morgan fingerprint density at radius 1 is 0.677 bits per heavy atom. The van der Waals surface area contributed by atoms with Crippen molar-refractivity contribution in [2.24, 2.45) is 0 Å². The molecule has 158 valence electrons. The number of carbonyl (C=O) groups is 3. The molecular weight excluding hydrogens is 390 g/mol. The number of para-hydroxylation sites is 1. The molecule has 0 saturated heterocycles. The third-order valence-corrected chi connectivity index (χ3v) is 4.74. The molecule has 0 aromatic heterocycles. The van der Waals surface area contributed by atoms with E-state index in [0.717, 1.165) is 22.3 Å². The fourth-order valence-corrected chi connectivity index (χ4v) is 3.04. The van der Waals surface area contributed by atoms with E-state index in [-0.39, 0.29) is 23.7 Å². The summed E-state index contributed by atoms with van der Waals surface area (Å²) >= 11 is 0. The van der Waals surface area contributed by atoms with Crippen LogP contribution in [0.3, 0.4) is 0 Å². The quantitative estimate of drug-likeness (QED) is 0.539. The minimum atomic E-state index is -0.827. The first kappa shape index (κ1) is 21.8. The average molecular weight is 415 g/mol. The fraction of sp³-hybridized carbons (Fsp3) is 0.160. The molecule has 6 nitrogen and oxygen atoms in total. The van der Waals surface area contributed by atoms with Crippen molar-refractivity contribution in [3.05, 3.63) is 101 Å². The highest BCUT2D eigenvalue weighted by Crippen LogP contribution is 2.15. The highest BCUT2D eigenvalue weighted by molar-refractivity contribution is 6.40. The lowest BCUT2D eigenvalue weighted by atomic mass is 10.1. The van der Waals surface area contributed by atoms with Crippen LogP contribution in [0, 0.1) is 13.8 Å². The van der Waals surface area contributed by atoms with Gasteiger partial charge in [-0.2, -0.15) is 0 Å². The van der Waals surface area contributed by atoms with Crippen molar-refractivity contribution in [2.75, 3.05) is 5.32 Å². The first-order valence-corrected chi connectivity index (χ1v) is 10.00. The van der Waals surface area contributed by atoms with E-state index < -0.39 is 11.8 Å². The van der Waals surface area contributed by atoms with Gasteiger partial charge in [-0.05, 0) is 37.1 Å². The molecule has 0 saturated carbocycles. The second-order valence-electron chi connectivity index (χ2n) is 7.34. The van der Waals surface area contributed by atoms with Crippen LogP contribution in [0.25, 0.3) is 0 Å². The summed E-state index contributed by atoms with van der Waals surface area (Å²) in [6, 6.07) is 22.1. The largest absolute Gasteiger partial charge is 0.348 e. The van der Waals surface area contributed by atoms with E-state index in [9.17, 15) is 14.4 Å². The van der Waals surface area contributed by atoms with Crippen LogP contribution >= 0.6 is 0 Å². The molecule has 0 aliphatic heterocycles. The second kappa shape index (κ2) is 10.2. The average Bonchev–Trinajstić information content (AvgIpc) is 2.77. The molecule has 3 aromatic carbocycles. The first-order chi connectivity index (χ1) is 14.9. The standard InChI is InChI=1S/C25H25N3O3/c1-17-10-12-19(13-11-17)15-26-23(29)21-8-3-4-9-22(21)28-25(31)24(30)27-16-20-7-5-6-18(2)14-20/h3-14H,15-16H2,1-2H3,(H,26,29)(H,27,30)(H,28,31). The van der Waals surface area contributed by atoms with Crippen molar-refractivity contribution >= 4 is 23.4 Å². The number of anilines is 1. The van der Waals surface area contributed by atoms with Crippen LogP contribution in [0.5, 0.6) is 0 Å². The van der Waals surface area contributed by atoms with Gasteiger partial charge >= 0.3 is 11.8 Å². The molecule has 0 aliphatic carbocycles. The smallest absolute Gasteiger partial charge is 0.313 e. The highest BCUT2D eigenvalue weighted by Gasteiger charge is 2.17. The van der Waals surface area contributed by atoms with Crippen molar-refractivity contribution in [1.29, 1.82) is 0 Å². The summed E-state index contributed by atoms with van der Waals surface area (Å²) in [5.41, 5.74) is 4.65. The summed E-state index contributed by atoms with van der Waals surface area (Å²) in [5.74, 6) is -1.93. The van der Waals surface area contributed by atoms with Crippen LogP contribution in [0.4, 0.5) is 5.69 Å². The Labute approximate surface area is 181 Å². The number of benzene rings is 3. The van der Waals surface area contributed by atoms with Crippen molar-refractivity contribution < 1.29 is 14.4 Å². The number of aryl methyl sites for hydroxylation is 2. The predicted molar refractivity (Wildman–Crippen MR) is 120 cm³/mol. The summed E-state index contributed by atoms with van der Waals surface area (Å²) in [5, 5.41) is 7.97. The molecule has 31 heavy (non-hydrogen) atoms. The van der Waals surface area contributed by atoms with Gasteiger partial charge in [-0.3, -0.25) is 14.4 Å². The van der Waals surface area contributed by atoms with Crippen molar-refractivity contribution in [3.8, 4) is 0 Å². The van der Waals surface area contributed by atoms with Gasteiger partial charge in [0.15, 0.2) is 0 Å². The van der Waals surface area contributed by atoms with Crippen molar-refractivity contribution in [1.82, 2.24) is 10.6 Å². The summed E-state index contributed by atoms with van der Waals surface area (Å²) in [6.07, 6.45) is 0. The number of rotatable bonds is 6. The molecule has 0 heterocycles. The molecule has 0 aliphatic rings. The number of nitrogens with one attached hydrogen (secondary N) is 3. The van der Waals surface area contributed by atoms with Crippen LogP contribution in [0.2, 0.25) is 0 Å². The van der Waals surface area contributed by atoms with Gasteiger partial charge in [0, 0.05) is 13.1 Å². The van der Waals surface area contributed by atoms with Crippen LogP contribution in [0.1, 0.15) is 32.6 Å². The van der Waals surface area contributed by atoms with Gasteiger partial charge in [0.1, 0.15) is 0 Å². The highest BCUT2D eigenvalue weighted by atomic mass is 16.2. The molecule has 3 N–H and O–H groups in total. The third kappa shape index (κ3) is 6.27. The zero-order valence-corrected chi connectivity index (χ0v) is 17.6. The van der Waals surface area contributed by atoms with Gasteiger partial charge in [0.05, 0.1) is 11.3 Å². The van der Waals surface area contributed by atoms with Crippen molar-refractivity contribution in [3.63, 3.8) is 0 Å². The topological polar surface area (TPSA) is 87.3 Å². The normalized spacial score (nSPS) is 10.3. The summed E-state index contributed by atoms with van der Waals surface area (Å²) in [6.45, 7) is 4.56. The minimum Gasteiger partial charge on any atom is -0.348 e. The maximum absolute atomic E-state index is 12.6. The molecular formula is C25H25N3O3. The van der Waals surface area contributed by atoms with Crippen LogP contribution < -0.4 is 16.0 Å². The lowest BCUT2D eigenvalue weighted by Gasteiger charge is -2.12. The minimum absolute atomic E-state index is 0.243. The Morgan fingerprint density at radius 3 is 2.13 bits per heavy atom. The SMILES string of the molecule is Cc1ccc(CNC(=O)c2ccccc2NC(=O)C(=O)NCc2cccc(C)c2)cc1. The van der Waals surface area contributed by atoms with Crippen LogP contribution in [0.15, 0.2) is 72.8 Å². The summed E-state index contributed by atoms with van der Waals surface area (Å²) in [7, 11) is 0. The zero-order valence-electron chi connectivity index (χ0n) is 17.6. The number of carbonyl (C=O) groups excluding carboxylic acids is 3. The molecule has 0 unspecified atom stereocenters. The molecule has 3 amide bonds. The van der Waals surface area contributed by atoms with E-state index in [1.54, 1.807) is 24.3 Å². The van der Waals surface area contributed by atoms with E-state index in [4.69, 9.17) is 0 Å². The Hall–Kier alpha value is -3.93. The molecule has 6 heteroatoms. The third-order valence-electron chi connectivity index (χ3n) is 4.74. The maximum atomic E-state index is 12.6. The lowest BCUT2D eigenvalue weighted by Crippen LogP contribution is -2.35. The van der Waals surface area contributed by atoms with E-state index >= 15 is 0 Å². The molecule has 3 rings (SSSR count). The van der Waals surface area contributed by atoms with E-state index in [2.05, 4.69) is 16.0 Å². The van der Waals surface area contributed by atoms with Crippen LogP contribution in [-0.2, 0) is 22.7 Å². The Balaban J connectivity index is 1.59. The lowest BCUT2D eigenvalue weighted by molar-refractivity contribution is -0.136. The Kier molecular flexibility index (Phi) is 7.17. The zero-order chi connectivity index (χ0) is 22.2. The molecule has 0 fully saturated rings. The monoisotopic (exact) mass is 415 g/mol. The summed E-state index contributed by atoms with van der Waals surface area (Å²) < 4.78 is 0. The summed E-state index contributed by atoms with van der Waals surface area (Å²) in [4.78, 5) is 37.2. The van der Waals surface area contributed by atoms with Crippen molar-refractivity contribution in [2.45, 2.75) is 26.9 Å². The van der Waals surface area contributed by atoms with Gasteiger partial charge in [-0.1, -0.05) is 71.8 Å². The van der Waals surface area contributed by atoms with Gasteiger partial charge in [0.25, 0.3) is 5.91 Å². The van der Waals surface area contributed by atoms with Gasteiger partial charge < -0.3 is 16.0 Å². The van der Waals surface area contributed by atoms with Gasteiger partial charge in [-0.25, -0.2) is 0 Å². The molecule has 0 radical (unpaired) electrons. The molecule has 3 aromatic rings. The number of hydrogen-bond donors (Lipinski definition) is 3. The predicted octanol–water partition coefficient (Wildman–Crippen LogP) is 3.49. The second-order valence-corrected chi connectivity index (χ2v) is 7.34. The number of amides is 3. The molecule has 0 bridgehead atoms. The maximum Gasteiger partial charge on any atom is 0.313 e.